The van der Waals surface area contributed by atoms with Crippen LogP contribution in [0.3, 0.4) is 0 Å². The first-order valence-corrected chi connectivity index (χ1v) is 9.68. The quantitative estimate of drug-likeness (QED) is 0.546. The first kappa shape index (κ1) is 18.9. The molecule has 5 rings (SSSR count). The van der Waals surface area contributed by atoms with E-state index in [9.17, 15) is 14.7 Å². The number of aromatic nitrogens is 1. The van der Waals surface area contributed by atoms with Crippen LogP contribution in [0.5, 0.6) is 11.5 Å². The lowest BCUT2D eigenvalue weighted by Crippen LogP contribution is -2.30. The second kappa shape index (κ2) is 6.98. The summed E-state index contributed by atoms with van der Waals surface area (Å²) >= 11 is 0. The number of ether oxygens (including phenoxy) is 1. The smallest absolute Gasteiger partial charge is 0.296 e. The van der Waals surface area contributed by atoms with E-state index in [1.807, 2.05) is 13.0 Å². The van der Waals surface area contributed by atoms with Gasteiger partial charge in [-0.2, -0.15) is 0 Å². The summed E-state index contributed by atoms with van der Waals surface area (Å²) in [4.78, 5) is 32.8. The maximum absolute atomic E-state index is 13.5. The van der Waals surface area contributed by atoms with Crippen LogP contribution in [0.15, 0.2) is 70.0 Å². The summed E-state index contributed by atoms with van der Waals surface area (Å²) in [5, 5.41) is 10.4. The molecule has 2 aromatic carbocycles. The van der Waals surface area contributed by atoms with Crippen molar-refractivity contribution in [3.05, 3.63) is 93.5 Å². The molecule has 7 nitrogen and oxygen atoms in total. The lowest BCUT2D eigenvalue weighted by Gasteiger charge is -2.24. The number of amides is 1. The van der Waals surface area contributed by atoms with Gasteiger partial charge < -0.3 is 14.3 Å². The predicted octanol–water partition coefficient (Wildman–Crippen LogP) is 3.96. The molecule has 0 saturated carbocycles. The van der Waals surface area contributed by atoms with Gasteiger partial charge in [-0.1, -0.05) is 24.3 Å². The molecule has 1 aliphatic heterocycles. The van der Waals surface area contributed by atoms with Crippen molar-refractivity contribution in [1.29, 1.82) is 0 Å². The molecule has 0 spiro atoms. The number of benzene rings is 2. The van der Waals surface area contributed by atoms with Crippen molar-refractivity contribution in [2.24, 2.45) is 0 Å². The van der Waals surface area contributed by atoms with Crippen LogP contribution < -0.4 is 15.1 Å². The summed E-state index contributed by atoms with van der Waals surface area (Å²) in [5.41, 5.74) is 1.83. The molecule has 1 atom stereocenters. The van der Waals surface area contributed by atoms with Crippen molar-refractivity contribution in [2.45, 2.75) is 13.0 Å². The van der Waals surface area contributed by atoms with Crippen molar-refractivity contribution in [2.75, 3.05) is 12.0 Å². The highest BCUT2D eigenvalue weighted by molar-refractivity contribution is 6.10. The molecule has 1 amide bonds. The maximum atomic E-state index is 13.5. The number of hydrogen-bond acceptors (Lipinski definition) is 6. The van der Waals surface area contributed by atoms with Crippen LogP contribution in [0.2, 0.25) is 0 Å². The van der Waals surface area contributed by atoms with Crippen LogP contribution >= 0.6 is 0 Å². The fourth-order valence-electron chi connectivity index (χ4n) is 3.94. The Hall–Kier alpha value is -4.13. The second-order valence-electron chi connectivity index (χ2n) is 7.37. The van der Waals surface area contributed by atoms with Crippen molar-refractivity contribution in [1.82, 2.24) is 4.98 Å². The zero-order valence-corrected chi connectivity index (χ0v) is 16.8. The van der Waals surface area contributed by atoms with Crippen molar-refractivity contribution >= 4 is 22.7 Å². The molecule has 0 aliphatic carbocycles. The number of rotatable bonds is 3. The molecule has 0 fully saturated rings. The van der Waals surface area contributed by atoms with Gasteiger partial charge in [0.2, 0.25) is 5.76 Å². The van der Waals surface area contributed by atoms with Crippen LogP contribution in [-0.2, 0) is 0 Å². The third-order valence-corrected chi connectivity index (χ3v) is 5.44. The van der Waals surface area contributed by atoms with Gasteiger partial charge in [0.15, 0.2) is 16.9 Å². The van der Waals surface area contributed by atoms with Gasteiger partial charge >= 0.3 is 0 Å². The maximum Gasteiger partial charge on any atom is 0.296 e. The minimum atomic E-state index is -0.784. The number of carbonyl (C=O) groups excluding carboxylic acids is 1. The standard InChI is InChI=1S/C24H18N2O5/c1-13-7-10-19(25-12-13)26-21(14-8-9-16(27)18(11-14)30-2)20-22(28)15-5-3-4-6-17(15)31-23(20)24(26)29/h3-12,21,27H,1-2H3/t21-/m0/s1. The summed E-state index contributed by atoms with van der Waals surface area (Å²) in [6.07, 6.45) is 1.66. The van der Waals surface area contributed by atoms with Gasteiger partial charge in [0.1, 0.15) is 11.4 Å². The minimum absolute atomic E-state index is 0.0110. The highest BCUT2D eigenvalue weighted by atomic mass is 16.5. The zero-order chi connectivity index (χ0) is 21.7. The Morgan fingerprint density at radius 1 is 1.10 bits per heavy atom. The van der Waals surface area contributed by atoms with E-state index in [4.69, 9.17) is 9.15 Å². The van der Waals surface area contributed by atoms with Gasteiger partial charge in [-0.15, -0.1) is 0 Å². The molecule has 4 aromatic rings. The van der Waals surface area contributed by atoms with Gasteiger partial charge in [-0.05, 0) is 48.4 Å². The molecular formula is C24H18N2O5. The van der Waals surface area contributed by atoms with Crippen molar-refractivity contribution in [3.8, 4) is 11.5 Å². The monoisotopic (exact) mass is 414 g/mol. The number of nitrogens with zero attached hydrogens (tertiary/aromatic N) is 2. The van der Waals surface area contributed by atoms with Crippen LogP contribution in [-0.4, -0.2) is 23.1 Å². The van der Waals surface area contributed by atoms with E-state index in [0.717, 1.165) is 5.56 Å². The number of pyridine rings is 1. The Morgan fingerprint density at radius 2 is 1.90 bits per heavy atom. The van der Waals surface area contributed by atoms with Gasteiger partial charge in [0, 0.05) is 6.20 Å². The Labute approximate surface area is 177 Å². The molecule has 1 N–H and O–H groups in total. The fraction of sp³-hybridized carbons (Fsp3) is 0.125. The average molecular weight is 414 g/mol. The molecule has 0 saturated heterocycles. The van der Waals surface area contributed by atoms with Crippen LogP contribution in [0.4, 0.5) is 5.82 Å². The number of hydrogen-bond donors (Lipinski definition) is 1. The van der Waals surface area contributed by atoms with Gasteiger partial charge in [0.05, 0.1) is 24.1 Å². The molecule has 7 heteroatoms. The van der Waals surface area contributed by atoms with Crippen LogP contribution in [0.1, 0.15) is 33.3 Å². The third kappa shape index (κ3) is 2.85. The summed E-state index contributed by atoms with van der Waals surface area (Å²) in [7, 11) is 1.44. The summed E-state index contributed by atoms with van der Waals surface area (Å²) in [6, 6.07) is 14.4. The van der Waals surface area contributed by atoms with Crippen molar-refractivity contribution in [3.63, 3.8) is 0 Å². The molecule has 31 heavy (non-hydrogen) atoms. The second-order valence-corrected chi connectivity index (χ2v) is 7.37. The van der Waals surface area contributed by atoms with Gasteiger partial charge in [-0.25, -0.2) is 4.98 Å². The highest BCUT2D eigenvalue weighted by Gasteiger charge is 2.44. The number of aryl methyl sites for hydroxylation is 1. The largest absolute Gasteiger partial charge is 0.504 e. The number of fused-ring (bicyclic) bond motifs is 2. The number of para-hydroxylation sites is 1. The van der Waals surface area contributed by atoms with E-state index in [1.54, 1.807) is 48.7 Å². The summed E-state index contributed by atoms with van der Waals surface area (Å²) in [6.45, 7) is 1.90. The molecule has 0 unspecified atom stereocenters. The normalized spacial score (nSPS) is 15.4. The topological polar surface area (TPSA) is 92.9 Å². The molecule has 1 aliphatic rings. The van der Waals surface area contributed by atoms with E-state index < -0.39 is 11.9 Å². The van der Waals surface area contributed by atoms with E-state index in [1.165, 1.54) is 18.1 Å². The number of anilines is 1. The molecule has 3 heterocycles. The third-order valence-electron chi connectivity index (χ3n) is 5.44. The Bertz CT molecular complexity index is 1390. The first-order valence-electron chi connectivity index (χ1n) is 9.68. The number of methoxy groups -OCH3 is 1. The highest BCUT2D eigenvalue weighted by Crippen LogP contribution is 2.42. The SMILES string of the molecule is COc1cc([C@H]2c3c(oc4ccccc4c3=O)C(=O)N2c2ccc(C)cn2)ccc1O. The number of phenols is 1. The van der Waals surface area contributed by atoms with Gasteiger partial charge in [-0.3, -0.25) is 14.5 Å². The van der Waals surface area contributed by atoms with Gasteiger partial charge in [0.25, 0.3) is 5.91 Å². The summed E-state index contributed by atoms with van der Waals surface area (Å²) < 4.78 is 11.2. The average Bonchev–Trinajstić information content (AvgIpc) is 3.07. The Morgan fingerprint density at radius 3 is 2.65 bits per heavy atom. The van der Waals surface area contributed by atoms with E-state index in [0.29, 0.717) is 22.4 Å². The van der Waals surface area contributed by atoms with E-state index >= 15 is 0 Å². The molecular weight excluding hydrogens is 396 g/mol. The number of aromatic hydroxyl groups is 1. The van der Waals surface area contributed by atoms with Crippen LogP contribution in [0, 0.1) is 6.92 Å². The van der Waals surface area contributed by atoms with Crippen LogP contribution in [0.25, 0.3) is 11.0 Å². The van der Waals surface area contributed by atoms with Crippen molar-refractivity contribution < 1.29 is 19.1 Å². The molecule has 0 radical (unpaired) electrons. The van der Waals surface area contributed by atoms with E-state index in [2.05, 4.69) is 4.98 Å². The minimum Gasteiger partial charge on any atom is -0.504 e. The summed E-state index contributed by atoms with van der Waals surface area (Å²) in [5.74, 6) is 0.124. The Kier molecular flexibility index (Phi) is 4.25. The van der Waals surface area contributed by atoms with E-state index in [-0.39, 0.29) is 28.3 Å². The molecule has 154 valence electrons. The molecule has 2 aromatic heterocycles. The molecule has 0 bridgehead atoms. The fourth-order valence-corrected chi connectivity index (χ4v) is 3.94. The predicted molar refractivity (Wildman–Crippen MR) is 115 cm³/mol. The lowest BCUT2D eigenvalue weighted by atomic mass is 9.98. The lowest BCUT2D eigenvalue weighted by molar-refractivity contribution is 0.0970. The first-order chi connectivity index (χ1) is 15.0. The number of phenolic OH excluding ortho intramolecular Hbond substituents is 1. The Balaban J connectivity index is 1.81. The number of carbonyl (C=O) groups is 1. The zero-order valence-electron chi connectivity index (χ0n) is 16.8.